The highest BCUT2D eigenvalue weighted by Gasteiger charge is 2.43. The molecule has 0 amide bonds. The number of rotatable bonds is 1. The molecule has 19 heavy (non-hydrogen) atoms. The second-order valence-corrected chi connectivity index (χ2v) is 6.13. The maximum Gasteiger partial charge on any atom is 0.315 e. The molecule has 0 aliphatic carbocycles. The van der Waals surface area contributed by atoms with Crippen LogP contribution >= 0.6 is 0 Å². The van der Waals surface area contributed by atoms with Gasteiger partial charge >= 0.3 is 5.97 Å². The highest BCUT2D eigenvalue weighted by molar-refractivity contribution is 5.78. The number of carbonyl (C=O) groups excluding carboxylic acids is 1. The van der Waals surface area contributed by atoms with Crippen molar-refractivity contribution in [3.8, 4) is 5.75 Å². The van der Waals surface area contributed by atoms with Crippen molar-refractivity contribution in [1.82, 2.24) is 5.32 Å². The highest BCUT2D eigenvalue weighted by atomic mass is 16.5. The molecule has 2 fully saturated rings. The minimum atomic E-state index is -0.0177. The number of nitrogens with one attached hydrogen (secondary N) is 1. The average Bonchev–Trinajstić information content (AvgIpc) is 2.81. The zero-order valence-corrected chi connectivity index (χ0v) is 11.0. The van der Waals surface area contributed by atoms with Crippen LogP contribution in [-0.4, -0.2) is 18.1 Å². The van der Waals surface area contributed by atoms with E-state index in [0.29, 0.717) is 18.0 Å². The fourth-order valence-electron chi connectivity index (χ4n) is 4.09. The van der Waals surface area contributed by atoms with E-state index < -0.39 is 0 Å². The molecule has 4 atom stereocenters. The first kappa shape index (κ1) is 11.5. The summed E-state index contributed by atoms with van der Waals surface area (Å²) < 4.78 is 5.54. The standard InChI is InChI=1S/C16H19NO2/c18-16-13(9-10-3-1-2-4-15(10)19-16)12-7-5-11-6-8-14(12)17-11/h1-4,11-14,17H,5-9H2. The van der Waals surface area contributed by atoms with Gasteiger partial charge in [-0.2, -0.15) is 0 Å². The van der Waals surface area contributed by atoms with Crippen LogP contribution in [0.4, 0.5) is 0 Å². The Hall–Kier alpha value is -1.35. The minimum absolute atomic E-state index is 0.0177. The number of hydrogen-bond acceptors (Lipinski definition) is 3. The molecule has 2 saturated heterocycles. The van der Waals surface area contributed by atoms with E-state index in [-0.39, 0.29) is 11.9 Å². The van der Waals surface area contributed by atoms with Gasteiger partial charge in [0.15, 0.2) is 0 Å². The van der Waals surface area contributed by atoms with E-state index in [4.69, 9.17) is 4.74 Å². The summed E-state index contributed by atoms with van der Waals surface area (Å²) in [7, 11) is 0. The monoisotopic (exact) mass is 257 g/mol. The van der Waals surface area contributed by atoms with Gasteiger partial charge in [-0.3, -0.25) is 4.79 Å². The lowest BCUT2D eigenvalue weighted by Crippen LogP contribution is -2.47. The summed E-state index contributed by atoms with van der Waals surface area (Å²) in [5.41, 5.74) is 1.19. The Bertz CT molecular complexity index is 513. The van der Waals surface area contributed by atoms with Gasteiger partial charge in [0.2, 0.25) is 0 Å². The van der Waals surface area contributed by atoms with Gasteiger partial charge in [-0.25, -0.2) is 0 Å². The number of hydrogen-bond donors (Lipinski definition) is 1. The molecule has 2 bridgehead atoms. The maximum atomic E-state index is 12.3. The van der Waals surface area contributed by atoms with Crippen LogP contribution in [0.3, 0.4) is 0 Å². The summed E-state index contributed by atoms with van der Waals surface area (Å²) >= 11 is 0. The molecule has 1 aromatic rings. The van der Waals surface area contributed by atoms with Gasteiger partial charge in [0, 0.05) is 12.1 Å². The van der Waals surface area contributed by atoms with Crippen LogP contribution in [0.5, 0.6) is 5.75 Å². The summed E-state index contributed by atoms with van der Waals surface area (Å²) in [6, 6.07) is 9.17. The van der Waals surface area contributed by atoms with Crippen LogP contribution in [0.25, 0.3) is 0 Å². The predicted molar refractivity (Wildman–Crippen MR) is 71.9 cm³/mol. The van der Waals surface area contributed by atoms with Gasteiger partial charge in [-0.15, -0.1) is 0 Å². The van der Waals surface area contributed by atoms with E-state index in [1.54, 1.807) is 0 Å². The Morgan fingerprint density at radius 1 is 1.11 bits per heavy atom. The molecule has 3 aliphatic rings. The smallest absolute Gasteiger partial charge is 0.315 e. The third-order valence-corrected chi connectivity index (χ3v) is 5.08. The molecule has 1 aromatic carbocycles. The van der Waals surface area contributed by atoms with E-state index in [1.807, 2.05) is 18.2 Å². The molecule has 3 heterocycles. The SMILES string of the molecule is O=C1Oc2ccccc2CC1C1CCC2CCC1N2. The first-order valence-electron chi connectivity index (χ1n) is 7.37. The average molecular weight is 257 g/mol. The molecule has 3 heteroatoms. The topological polar surface area (TPSA) is 38.3 Å². The first-order chi connectivity index (χ1) is 9.31. The lowest BCUT2D eigenvalue weighted by Gasteiger charge is -2.36. The van der Waals surface area contributed by atoms with E-state index in [0.717, 1.165) is 12.2 Å². The van der Waals surface area contributed by atoms with Crippen molar-refractivity contribution in [3.63, 3.8) is 0 Å². The molecule has 4 rings (SSSR count). The van der Waals surface area contributed by atoms with Crippen molar-refractivity contribution in [2.75, 3.05) is 0 Å². The quantitative estimate of drug-likeness (QED) is 0.619. The van der Waals surface area contributed by atoms with E-state index in [2.05, 4.69) is 11.4 Å². The normalized spacial score (nSPS) is 36.7. The molecule has 0 radical (unpaired) electrons. The summed E-state index contributed by atoms with van der Waals surface area (Å²) in [5.74, 6) is 1.25. The van der Waals surface area contributed by atoms with Crippen LogP contribution < -0.4 is 10.1 Å². The van der Waals surface area contributed by atoms with Crippen LogP contribution in [0.2, 0.25) is 0 Å². The zero-order valence-electron chi connectivity index (χ0n) is 11.0. The van der Waals surface area contributed by atoms with Crippen molar-refractivity contribution < 1.29 is 9.53 Å². The molecular weight excluding hydrogens is 238 g/mol. The van der Waals surface area contributed by atoms with Gasteiger partial charge in [-0.05, 0) is 49.7 Å². The minimum Gasteiger partial charge on any atom is -0.426 e. The number of para-hydroxylation sites is 1. The fraction of sp³-hybridized carbons (Fsp3) is 0.562. The Kier molecular flexibility index (Phi) is 2.62. The summed E-state index contributed by atoms with van der Waals surface area (Å²) in [6.07, 6.45) is 5.74. The Morgan fingerprint density at radius 3 is 2.89 bits per heavy atom. The third-order valence-electron chi connectivity index (χ3n) is 5.08. The van der Waals surface area contributed by atoms with Crippen LogP contribution in [0.1, 0.15) is 31.2 Å². The van der Waals surface area contributed by atoms with Crippen molar-refractivity contribution in [2.45, 2.75) is 44.2 Å². The molecule has 100 valence electrons. The van der Waals surface area contributed by atoms with Crippen LogP contribution in [0, 0.1) is 11.8 Å². The summed E-state index contributed by atoms with van der Waals surface area (Å²) in [5, 5.41) is 3.67. The predicted octanol–water partition coefficient (Wildman–Crippen LogP) is 2.29. The second kappa shape index (κ2) is 4.34. The Labute approximate surface area is 113 Å². The van der Waals surface area contributed by atoms with Gasteiger partial charge in [0.1, 0.15) is 5.75 Å². The van der Waals surface area contributed by atoms with Crippen molar-refractivity contribution >= 4 is 5.97 Å². The number of benzene rings is 1. The molecule has 4 unspecified atom stereocenters. The van der Waals surface area contributed by atoms with E-state index in [9.17, 15) is 4.79 Å². The molecule has 1 N–H and O–H groups in total. The zero-order chi connectivity index (χ0) is 12.8. The van der Waals surface area contributed by atoms with Crippen molar-refractivity contribution in [2.24, 2.45) is 11.8 Å². The van der Waals surface area contributed by atoms with Gasteiger partial charge < -0.3 is 10.1 Å². The lowest BCUT2D eigenvalue weighted by molar-refractivity contribution is -0.143. The molecule has 0 aromatic heterocycles. The number of esters is 1. The first-order valence-corrected chi connectivity index (χ1v) is 7.37. The van der Waals surface area contributed by atoms with Crippen LogP contribution in [-0.2, 0) is 11.2 Å². The van der Waals surface area contributed by atoms with E-state index in [1.165, 1.54) is 31.2 Å². The number of ether oxygens (including phenoxy) is 1. The lowest BCUT2D eigenvalue weighted by atomic mass is 9.77. The third kappa shape index (κ3) is 1.88. The highest BCUT2D eigenvalue weighted by Crippen LogP contribution is 2.40. The Morgan fingerprint density at radius 2 is 1.95 bits per heavy atom. The van der Waals surface area contributed by atoms with Crippen molar-refractivity contribution in [1.29, 1.82) is 0 Å². The molecule has 0 saturated carbocycles. The van der Waals surface area contributed by atoms with Crippen LogP contribution in [0.15, 0.2) is 24.3 Å². The van der Waals surface area contributed by atoms with Crippen molar-refractivity contribution in [3.05, 3.63) is 29.8 Å². The summed E-state index contributed by atoms with van der Waals surface area (Å²) in [6.45, 7) is 0. The Balaban J connectivity index is 1.60. The van der Waals surface area contributed by atoms with Gasteiger partial charge in [0.05, 0.1) is 5.92 Å². The largest absolute Gasteiger partial charge is 0.426 e. The molecule has 3 nitrogen and oxygen atoms in total. The number of carbonyl (C=O) groups is 1. The molecule has 0 spiro atoms. The maximum absolute atomic E-state index is 12.3. The van der Waals surface area contributed by atoms with Gasteiger partial charge in [-0.1, -0.05) is 18.2 Å². The second-order valence-electron chi connectivity index (χ2n) is 6.13. The molecule has 3 aliphatic heterocycles. The fourth-order valence-corrected chi connectivity index (χ4v) is 4.09. The number of piperidine rings is 1. The van der Waals surface area contributed by atoms with Gasteiger partial charge in [0.25, 0.3) is 0 Å². The molecular formula is C16H19NO2. The number of fused-ring (bicyclic) bond motifs is 3. The van der Waals surface area contributed by atoms with E-state index >= 15 is 0 Å². The summed E-state index contributed by atoms with van der Waals surface area (Å²) in [4.78, 5) is 12.3.